The molecule has 2 aromatic rings. The highest BCUT2D eigenvalue weighted by molar-refractivity contribution is 5.19. The molecule has 0 aliphatic heterocycles. The molecule has 15 heavy (non-hydrogen) atoms. The van der Waals surface area contributed by atoms with E-state index in [0.29, 0.717) is 11.4 Å². The zero-order valence-corrected chi connectivity index (χ0v) is 8.33. The fraction of sp³-hybridized carbons (Fsp3) is 0.182. The predicted octanol–water partition coefficient (Wildman–Crippen LogP) is 1.26. The van der Waals surface area contributed by atoms with Crippen LogP contribution in [0.25, 0.3) is 0 Å². The van der Waals surface area contributed by atoms with E-state index in [-0.39, 0.29) is 0 Å². The van der Waals surface area contributed by atoms with E-state index in [1.54, 1.807) is 36.9 Å². The molecule has 0 aliphatic carbocycles. The molecule has 4 nitrogen and oxygen atoms in total. The quantitative estimate of drug-likeness (QED) is 0.794. The molecular weight excluding hydrogens is 190 g/mol. The molecule has 0 aromatic carbocycles. The first-order valence-corrected chi connectivity index (χ1v) is 4.64. The molecule has 0 spiro atoms. The van der Waals surface area contributed by atoms with Crippen LogP contribution in [0, 0.1) is 6.92 Å². The van der Waals surface area contributed by atoms with Crippen LogP contribution >= 0.6 is 0 Å². The first-order chi connectivity index (χ1) is 7.27. The van der Waals surface area contributed by atoms with Crippen molar-refractivity contribution in [1.29, 1.82) is 0 Å². The van der Waals surface area contributed by atoms with Gasteiger partial charge in [-0.2, -0.15) is 0 Å². The third kappa shape index (κ3) is 2.16. The van der Waals surface area contributed by atoms with E-state index >= 15 is 0 Å². The number of aliphatic hydroxyl groups excluding tert-OH is 1. The molecule has 0 amide bonds. The van der Waals surface area contributed by atoms with Crippen molar-refractivity contribution in [3.63, 3.8) is 0 Å². The number of aryl methyl sites for hydroxylation is 1. The Morgan fingerprint density at radius 3 is 2.53 bits per heavy atom. The zero-order chi connectivity index (χ0) is 10.7. The van der Waals surface area contributed by atoms with E-state index < -0.39 is 6.10 Å². The first-order valence-electron chi connectivity index (χ1n) is 4.64. The van der Waals surface area contributed by atoms with Gasteiger partial charge in [-0.3, -0.25) is 4.98 Å². The van der Waals surface area contributed by atoms with Crippen molar-refractivity contribution in [3.05, 3.63) is 53.9 Å². The molecule has 0 radical (unpaired) electrons. The fourth-order valence-electron chi connectivity index (χ4n) is 1.23. The summed E-state index contributed by atoms with van der Waals surface area (Å²) in [5, 5.41) is 9.92. The van der Waals surface area contributed by atoms with E-state index in [2.05, 4.69) is 15.0 Å². The summed E-state index contributed by atoms with van der Waals surface area (Å²) in [4.78, 5) is 12.1. The average molecular weight is 201 g/mol. The van der Waals surface area contributed by atoms with Crippen LogP contribution in [0.2, 0.25) is 0 Å². The molecule has 2 heterocycles. The Labute approximate surface area is 87.7 Å². The van der Waals surface area contributed by atoms with Crippen molar-refractivity contribution in [2.75, 3.05) is 0 Å². The summed E-state index contributed by atoms with van der Waals surface area (Å²) in [6, 6.07) is 3.56. The van der Waals surface area contributed by atoms with Crippen molar-refractivity contribution >= 4 is 0 Å². The van der Waals surface area contributed by atoms with Crippen LogP contribution in [0.4, 0.5) is 0 Å². The summed E-state index contributed by atoms with van der Waals surface area (Å²) in [7, 11) is 0. The lowest BCUT2D eigenvalue weighted by molar-refractivity contribution is 0.209. The van der Waals surface area contributed by atoms with Gasteiger partial charge in [0, 0.05) is 30.4 Å². The summed E-state index contributed by atoms with van der Waals surface area (Å²) in [5.74, 6) is 0.397. The molecular formula is C11H11N3O. The van der Waals surface area contributed by atoms with Gasteiger partial charge in [0.05, 0.1) is 0 Å². The maximum absolute atomic E-state index is 9.92. The topological polar surface area (TPSA) is 58.9 Å². The van der Waals surface area contributed by atoms with Gasteiger partial charge in [-0.15, -0.1) is 0 Å². The monoisotopic (exact) mass is 201 g/mol. The number of hydrogen-bond donors (Lipinski definition) is 1. The molecule has 2 aromatic heterocycles. The molecule has 0 aliphatic rings. The Kier molecular flexibility index (Phi) is 2.69. The van der Waals surface area contributed by atoms with Crippen LogP contribution in [0.5, 0.6) is 0 Å². The minimum absolute atomic E-state index is 0.397. The molecule has 1 N–H and O–H groups in total. The SMILES string of the molecule is Cc1cnc(C(O)c2cccnc2)nc1. The van der Waals surface area contributed by atoms with Gasteiger partial charge in [0.2, 0.25) is 0 Å². The first kappa shape index (κ1) is 9.73. The summed E-state index contributed by atoms with van der Waals surface area (Å²) >= 11 is 0. The highest BCUT2D eigenvalue weighted by Crippen LogP contribution is 2.16. The summed E-state index contributed by atoms with van der Waals surface area (Å²) < 4.78 is 0. The Morgan fingerprint density at radius 2 is 1.93 bits per heavy atom. The van der Waals surface area contributed by atoms with Gasteiger partial charge >= 0.3 is 0 Å². The van der Waals surface area contributed by atoms with E-state index in [1.807, 2.05) is 6.92 Å². The summed E-state index contributed by atoms with van der Waals surface area (Å²) in [5.41, 5.74) is 1.67. The predicted molar refractivity (Wildman–Crippen MR) is 55.1 cm³/mol. The molecule has 0 fully saturated rings. The van der Waals surface area contributed by atoms with Crippen molar-refractivity contribution in [2.24, 2.45) is 0 Å². The van der Waals surface area contributed by atoms with Gasteiger partial charge < -0.3 is 5.11 Å². The number of rotatable bonds is 2. The third-order valence-corrected chi connectivity index (χ3v) is 2.05. The lowest BCUT2D eigenvalue weighted by atomic mass is 10.1. The smallest absolute Gasteiger partial charge is 0.161 e. The fourth-order valence-corrected chi connectivity index (χ4v) is 1.23. The number of aromatic nitrogens is 3. The van der Waals surface area contributed by atoms with Gasteiger partial charge in [-0.05, 0) is 18.6 Å². The second-order valence-corrected chi connectivity index (χ2v) is 3.31. The number of nitrogens with zero attached hydrogens (tertiary/aromatic N) is 3. The van der Waals surface area contributed by atoms with E-state index in [1.165, 1.54) is 0 Å². The van der Waals surface area contributed by atoms with Gasteiger partial charge in [0.25, 0.3) is 0 Å². The molecule has 1 atom stereocenters. The van der Waals surface area contributed by atoms with E-state index in [4.69, 9.17) is 0 Å². The lowest BCUT2D eigenvalue weighted by Gasteiger charge is -2.08. The average Bonchev–Trinajstić information content (AvgIpc) is 2.30. The molecule has 0 saturated carbocycles. The highest BCUT2D eigenvalue weighted by Gasteiger charge is 2.12. The van der Waals surface area contributed by atoms with Gasteiger partial charge in [0.1, 0.15) is 6.10 Å². The largest absolute Gasteiger partial charge is 0.380 e. The van der Waals surface area contributed by atoms with Crippen LogP contribution in [0.3, 0.4) is 0 Å². The normalized spacial score (nSPS) is 12.4. The number of aliphatic hydroxyl groups is 1. The summed E-state index contributed by atoms with van der Waals surface area (Å²) in [6.45, 7) is 1.90. The maximum Gasteiger partial charge on any atom is 0.161 e. The summed E-state index contributed by atoms with van der Waals surface area (Å²) in [6.07, 6.45) is 5.82. The zero-order valence-electron chi connectivity index (χ0n) is 8.33. The standard InChI is InChI=1S/C11H11N3O/c1-8-5-13-11(14-6-8)10(15)9-3-2-4-12-7-9/h2-7,10,15H,1H3. The molecule has 4 heteroatoms. The Morgan fingerprint density at radius 1 is 1.20 bits per heavy atom. The van der Waals surface area contributed by atoms with Gasteiger partial charge in [-0.1, -0.05) is 6.07 Å². The van der Waals surface area contributed by atoms with Crippen molar-refractivity contribution in [1.82, 2.24) is 15.0 Å². The number of hydrogen-bond acceptors (Lipinski definition) is 4. The highest BCUT2D eigenvalue weighted by atomic mass is 16.3. The van der Waals surface area contributed by atoms with Crippen LogP contribution in [-0.2, 0) is 0 Å². The molecule has 0 saturated heterocycles. The second-order valence-electron chi connectivity index (χ2n) is 3.31. The Balaban J connectivity index is 2.29. The van der Waals surface area contributed by atoms with Crippen LogP contribution in [0.15, 0.2) is 36.9 Å². The third-order valence-electron chi connectivity index (χ3n) is 2.05. The Bertz CT molecular complexity index is 427. The van der Waals surface area contributed by atoms with Gasteiger partial charge in [-0.25, -0.2) is 9.97 Å². The molecule has 76 valence electrons. The van der Waals surface area contributed by atoms with E-state index in [0.717, 1.165) is 5.56 Å². The molecule has 1 unspecified atom stereocenters. The minimum atomic E-state index is -0.806. The van der Waals surface area contributed by atoms with Crippen LogP contribution in [-0.4, -0.2) is 20.1 Å². The molecule has 0 bridgehead atoms. The minimum Gasteiger partial charge on any atom is -0.380 e. The van der Waals surface area contributed by atoms with Gasteiger partial charge in [0.15, 0.2) is 5.82 Å². The number of pyridine rings is 1. The van der Waals surface area contributed by atoms with Crippen LogP contribution < -0.4 is 0 Å². The Hall–Kier alpha value is -1.81. The van der Waals surface area contributed by atoms with Crippen molar-refractivity contribution in [3.8, 4) is 0 Å². The lowest BCUT2D eigenvalue weighted by Crippen LogP contribution is -2.05. The van der Waals surface area contributed by atoms with Crippen molar-refractivity contribution < 1.29 is 5.11 Å². The van der Waals surface area contributed by atoms with Crippen molar-refractivity contribution in [2.45, 2.75) is 13.0 Å². The maximum atomic E-state index is 9.92. The second kappa shape index (κ2) is 4.14. The molecule has 2 rings (SSSR count). The van der Waals surface area contributed by atoms with Crippen LogP contribution in [0.1, 0.15) is 23.1 Å². The van der Waals surface area contributed by atoms with E-state index in [9.17, 15) is 5.11 Å².